The van der Waals surface area contributed by atoms with Crippen molar-refractivity contribution in [3.05, 3.63) is 47.5 Å². The lowest BCUT2D eigenvalue weighted by atomic mass is 10.1. The first-order valence-corrected chi connectivity index (χ1v) is 9.68. The maximum Gasteiger partial charge on any atom is 0.220 e. The molecule has 2 aliphatic rings. The van der Waals surface area contributed by atoms with Crippen LogP contribution in [-0.4, -0.2) is 50.1 Å². The van der Waals surface area contributed by atoms with Crippen molar-refractivity contribution in [1.29, 1.82) is 0 Å². The van der Waals surface area contributed by atoms with E-state index in [0.29, 0.717) is 0 Å². The predicted octanol–water partition coefficient (Wildman–Crippen LogP) is 2.41. The molecule has 1 fully saturated rings. The molecule has 1 amide bonds. The topological polar surface area (TPSA) is 54.3 Å². The summed E-state index contributed by atoms with van der Waals surface area (Å²) in [7, 11) is 0. The summed E-state index contributed by atoms with van der Waals surface area (Å²) in [6.45, 7) is 6.38. The summed E-state index contributed by atoms with van der Waals surface area (Å²) in [5.41, 5.74) is 1.40. The van der Waals surface area contributed by atoms with Crippen molar-refractivity contribution in [2.75, 3.05) is 19.6 Å². The lowest BCUT2D eigenvalue weighted by molar-refractivity contribution is -0.129. The smallest absolute Gasteiger partial charge is 0.220 e. The van der Waals surface area contributed by atoms with Crippen LogP contribution in [0, 0.1) is 0 Å². The number of aromatic nitrogens is 3. The normalized spacial score (nSPS) is 20.3. The Hall–Kier alpha value is -2.21. The molecular formula is C20H27N5O. The predicted molar refractivity (Wildman–Crippen MR) is 99.4 cm³/mol. The van der Waals surface area contributed by atoms with E-state index in [1.807, 2.05) is 4.90 Å². The minimum atomic E-state index is 0.110. The fourth-order valence-corrected chi connectivity index (χ4v) is 4.23. The molecule has 6 heteroatoms. The maximum atomic E-state index is 11.9. The summed E-state index contributed by atoms with van der Waals surface area (Å²) >= 11 is 0. The van der Waals surface area contributed by atoms with Gasteiger partial charge >= 0.3 is 0 Å². The lowest BCUT2D eigenvalue weighted by Crippen LogP contribution is -2.36. The third kappa shape index (κ3) is 3.51. The number of hydrogen-bond acceptors (Lipinski definition) is 4. The number of rotatable bonds is 5. The Morgan fingerprint density at radius 3 is 2.81 bits per heavy atom. The van der Waals surface area contributed by atoms with Gasteiger partial charge < -0.3 is 9.47 Å². The van der Waals surface area contributed by atoms with Gasteiger partial charge in [0.2, 0.25) is 5.91 Å². The first-order valence-electron chi connectivity index (χ1n) is 9.68. The molecular weight excluding hydrogens is 326 g/mol. The second kappa shape index (κ2) is 7.58. The van der Waals surface area contributed by atoms with Crippen molar-refractivity contribution < 1.29 is 4.79 Å². The van der Waals surface area contributed by atoms with E-state index in [0.717, 1.165) is 70.1 Å². The average Bonchev–Trinajstić information content (AvgIpc) is 3.29. The van der Waals surface area contributed by atoms with E-state index in [1.54, 1.807) is 6.92 Å². The number of likely N-dealkylation sites (tertiary alicyclic amines) is 1. The molecule has 1 saturated heterocycles. The van der Waals surface area contributed by atoms with Crippen molar-refractivity contribution in [3.8, 4) is 0 Å². The molecule has 0 spiro atoms. The molecule has 6 nitrogen and oxygen atoms in total. The second-order valence-electron chi connectivity index (χ2n) is 7.36. The number of carbonyl (C=O) groups is 1. The molecule has 26 heavy (non-hydrogen) atoms. The van der Waals surface area contributed by atoms with Crippen LogP contribution < -0.4 is 0 Å². The van der Waals surface area contributed by atoms with Crippen molar-refractivity contribution in [2.24, 2.45) is 0 Å². The fourth-order valence-electron chi connectivity index (χ4n) is 4.23. The van der Waals surface area contributed by atoms with Gasteiger partial charge in [0.05, 0.1) is 12.6 Å². The minimum absolute atomic E-state index is 0.110. The molecule has 2 aliphatic heterocycles. The maximum absolute atomic E-state index is 11.9. The van der Waals surface area contributed by atoms with Gasteiger partial charge in [-0.1, -0.05) is 30.3 Å². The quantitative estimate of drug-likeness (QED) is 0.828. The van der Waals surface area contributed by atoms with E-state index < -0.39 is 0 Å². The van der Waals surface area contributed by atoms with Gasteiger partial charge in [-0.2, -0.15) is 0 Å². The van der Waals surface area contributed by atoms with Gasteiger partial charge in [-0.3, -0.25) is 9.69 Å². The first-order chi connectivity index (χ1) is 12.7. The van der Waals surface area contributed by atoms with Gasteiger partial charge in [-0.15, -0.1) is 10.2 Å². The molecule has 1 aromatic heterocycles. The Bertz CT molecular complexity index is 757. The molecule has 2 aromatic rings. The van der Waals surface area contributed by atoms with E-state index in [9.17, 15) is 4.79 Å². The van der Waals surface area contributed by atoms with Crippen LogP contribution in [0.15, 0.2) is 30.3 Å². The van der Waals surface area contributed by atoms with Crippen LogP contribution in [0.3, 0.4) is 0 Å². The van der Waals surface area contributed by atoms with Gasteiger partial charge in [0.1, 0.15) is 5.82 Å². The van der Waals surface area contributed by atoms with Crippen molar-refractivity contribution in [1.82, 2.24) is 24.6 Å². The zero-order chi connectivity index (χ0) is 17.9. The molecule has 0 bridgehead atoms. The van der Waals surface area contributed by atoms with E-state index in [4.69, 9.17) is 0 Å². The molecule has 0 unspecified atom stereocenters. The SMILES string of the molecule is CC(=O)N1CCC[C@@H]1c1nnc2n1CCN(CCCc1ccccc1)C2. The molecule has 138 valence electrons. The third-order valence-corrected chi connectivity index (χ3v) is 5.60. The molecule has 0 N–H and O–H groups in total. The summed E-state index contributed by atoms with van der Waals surface area (Å²) < 4.78 is 2.25. The van der Waals surface area contributed by atoms with E-state index in [-0.39, 0.29) is 11.9 Å². The van der Waals surface area contributed by atoms with Gasteiger partial charge in [0.25, 0.3) is 0 Å². The molecule has 4 rings (SSSR count). The van der Waals surface area contributed by atoms with Crippen molar-refractivity contribution >= 4 is 5.91 Å². The highest BCUT2D eigenvalue weighted by molar-refractivity contribution is 5.74. The average molecular weight is 353 g/mol. The van der Waals surface area contributed by atoms with Gasteiger partial charge in [-0.25, -0.2) is 0 Å². The molecule has 0 radical (unpaired) electrons. The van der Waals surface area contributed by atoms with Crippen LogP contribution >= 0.6 is 0 Å². The number of hydrogen-bond donors (Lipinski definition) is 0. The number of amides is 1. The van der Waals surface area contributed by atoms with Crippen LogP contribution in [0.4, 0.5) is 0 Å². The van der Waals surface area contributed by atoms with Crippen molar-refractivity contribution in [2.45, 2.75) is 51.7 Å². The molecule has 1 atom stereocenters. The Morgan fingerprint density at radius 1 is 1.15 bits per heavy atom. The van der Waals surface area contributed by atoms with Gasteiger partial charge in [0.15, 0.2) is 5.82 Å². The van der Waals surface area contributed by atoms with Gasteiger partial charge in [0, 0.05) is 26.6 Å². The first kappa shape index (κ1) is 17.2. The number of carbonyl (C=O) groups excluding carboxylic acids is 1. The number of fused-ring (bicyclic) bond motifs is 1. The highest BCUT2D eigenvalue weighted by atomic mass is 16.2. The summed E-state index contributed by atoms with van der Waals surface area (Å²) in [6.07, 6.45) is 4.33. The standard InChI is InChI=1S/C20H27N5O/c1-16(26)24-12-6-10-18(24)20-22-21-19-15-23(13-14-25(19)20)11-5-9-17-7-3-2-4-8-17/h2-4,7-8,18H,5-6,9-15H2,1H3/t18-/m1/s1. The summed E-state index contributed by atoms with van der Waals surface area (Å²) in [4.78, 5) is 16.3. The van der Waals surface area contributed by atoms with Crippen LogP contribution in [0.2, 0.25) is 0 Å². The van der Waals surface area contributed by atoms with Crippen LogP contribution in [0.1, 0.15) is 49.4 Å². The monoisotopic (exact) mass is 353 g/mol. The highest BCUT2D eigenvalue weighted by Gasteiger charge is 2.33. The zero-order valence-electron chi connectivity index (χ0n) is 15.5. The van der Waals surface area contributed by atoms with Crippen LogP contribution in [-0.2, 0) is 24.3 Å². The number of aryl methyl sites for hydroxylation is 1. The third-order valence-electron chi connectivity index (χ3n) is 5.60. The number of nitrogens with zero attached hydrogens (tertiary/aromatic N) is 5. The zero-order valence-corrected chi connectivity index (χ0v) is 15.5. The summed E-state index contributed by atoms with van der Waals surface area (Å²) in [5, 5.41) is 8.91. The minimum Gasteiger partial charge on any atom is -0.333 e. The Morgan fingerprint density at radius 2 is 2.00 bits per heavy atom. The Kier molecular flexibility index (Phi) is 5.02. The Labute approximate surface area is 154 Å². The molecule has 3 heterocycles. The van der Waals surface area contributed by atoms with Crippen LogP contribution in [0.25, 0.3) is 0 Å². The second-order valence-corrected chi connectivity index (χ2v) is 7.36. The van der Waals surface area contributed by atoms with Crippen LogP contribution in [0.5, 0.6) is 0 Å². The highest BCUT2D eigenvalue weighted by Crippen LogP contribution is 2.32. The van der Waals surface area contributed by atoms with Gasteiger partial charge in [-0.05, 0) is 37.8 Å². The fraction of sp³-hybridized carbons (Fsp3) is 0.550. The number of benzene rings is 1. The molecule has 1 aromatic carbocycles. The molecule has 0 aliphatic carbocycles. The lowest BCUT2D eigenvalue weighted by Gasteiger charge is -2.29. The van der Waals surface area contributed by atoms with E-state index in [1.165, 1.54) is 5.56 Å². The van der Waals surface area contributed by atoms with Crippen molar-refractivity contribution in [3.63, 3.8) is 0 Å². The summed E-state index contributed by atoms with van der Waals surface area (Å²) in [5.74, 6) is 2.17. The summed E-state index contributed by atoms with van der Waals surface area (Å²) in [6, 6.07) is 10.8. The largest absolute Gasteiger partial charge is 0.333 e. The Balaban J connectivity index is 1.36. The molecule has 0 saturated carbocycles. The van der Waals surface area contributed by atoms with E-state index >= 15 is 0 Å². The van der Waals surface area contributed by atoms with E-state index in [2.05, 4.69) is 50.0 Å².